The van der Waals surface area contributed by atoms with Gasteiger partial charge in [0.25, 0.3) is 0 Å². The molecule has 0 amide bonds. The molecule has 0 saturated carbocycles. The van der Waals surface area contributed by atoms with Crippen molar-refractivity contribution in [3.63, 3.8) is 0 Å². The molecule has 0 atom stereocenters. The summed E-state index contributed by atoms with van der Waals surface area (Å²) in [6, 6.07) is 8.39. The van der Waals surface area contributed by atoms with Crippen LogP contribution in [0.4, 0.5) is 5.95 Å². The fraction of sp³-hybridized carbons (Fsp3) is 0.250. The van der Waals surface area contributed by atoms with Crippen LogP contribution in [-0.2, 0) is 6.54 Å². The van der Waals surface area contributed by atoms with E-state index in [2.05, 4.69) is 60.3 Å². The van der Waals surface area contributed by atoms with Crippen molar-refractivity contribution in [3.05, 3.63) is 51.0 Å². The molecule has 0 bridgehead atoms. The lowest BCUT2D eigenvalue weighted by atomic mass is 10.1. The van der Waals surface area contributed by atoms with Crippen molar-refractivity contribution >= 4 is 39.1 Å². The molecule has 2 heterocycles. The summed E-state index contributed by atoms with van der Waals surface area (Å²) in [6.07, 6.45) is 0. The minimum Gasteiger partial charge on any atom is -0.350 e. The van der Waals surface area contributed by atoms with Gasteiger partial charge in [0.05, 0.1) is 5.39 Å². The molecule has 1 aromatic carbocycles. The molecule has 5 heteroatoms. The van der Waals surface area contributed by atoms with Crippen molar-refractivity contribution in [2.24, 2.45) is 0 Å². The number of halogens is 1. The van der Waals surface area contributed by atoms with E-state index in [0.717, 1.165) is 10.2 Å². The van der Waals surface area contributed by atoms with Gasteiger partial charge in [0.15, 0.2) is 0 Å². The highest BCUT2D eigenvalue weighted by Crippen LogP contribution is 2.33. The summed E-state index contributed by atoms with van der Waals surface area (Å²) in [5.74, 6) is 0.578. The molecule has 1 N–H and O–H groups in total. The van der Waals surface area contributed by atoms with Gasteiger partial charge < -0.3 is 5.32 Å². The van der Waals surface area contributed by atoms with Gasteiger partial charge in [-0.05, 0) is 31.9 Å². The predicted octanol–water partition coefficient (Wildman–Crippen LogP) is 4.88. The zero-order valence-electron chi connectivity index (χ0n) is 12.2. The number of fused-ring (bicyclic) bond motifs is 1. The Morgan fingerprint density at radius 1 is 1.10 bits per heavy atom. The molecule has 3 nitrogen and oxygen atoms in total. The molecule has 108 valence electrons. The monoisotopic (exact) mass is 317 g/mol. The topological polar surface area (TPSA) is 37.8 Å². The molecular formula is C16H16ClN3S. The fourth-order valence-electron chi connectivity index (χ4n) is 2.17. The Morgan fingerprint density at radius 2 is 1.81 bits per heavy atom. The predicted molar refractivity (Wildman–Crippen MR) is 90.4 cm³/mol. The van der Waals surface area contributed by atoms with Crippen LogP contribution in [0.2, 0.25) is 5.15 Å². The van der Waals surface area contributed by atoms with E-state index >= 15 is 0 Å². The van der Waals surface area contributed by atoms with Crippen LogP contribution in [-0.4, -0.2) is 9.97 Å². The number of nitrogens with zero attached hydrogens (tertiary/aromatic N) is 2. The third kappa shape index (κ3) is 2.87. The Hall–Kier alpha value is -1.65. The first-order valence-electron chi connectivity index (χ1n) is 6.77. The van der Waals surface area contributed by atoms with Gasteiger partial charge in [0.1, 0.15) is 9.98 Å². The maximum atomic E-state index is 6.30. The van der Waals surface area contributed by atoms with E-state index in [4.69, 9.17) is 11.6 Å². The maximum absolute atomic E-state index is 6.30. The molecule has 3 aromatic rings. The lowest BCUT2D eigenvalue weighted by Gasteiger charge is -2.06. The van der Waals surface area contributed by atoms with Gasteiger partial charge in [-0.3, -0.25) is 0 Å². The summed E-state index contributed by atoms with van der Waals surface area (Å²) in [5.41, 5.74) is 3.62. The molecule has 0 saturated heterocycles. The lowest BCUT2D eigenvalue weighted by Crippen LogP contribution is -2.03. The van der Waals surface area contributed by atoms with Crippen molar-refractivity contribution in [3.8, 4) is 0 Å². The number of aromatic nitrogens is 2. The largest absolute Gasteiger partial charge is 0.350 e. The maximum Gasteiger partial charge on any atom is 0.225 e. The first-order valence-corrected chi connectivity index (χ1v) is 7.96. The smallest absolute Gasteiger partial charge is 0.225 e. The second-order valence-electron chi connectivity index (χ2n) is 5.14. The summed E-state index contributed by atoms with van der Waals surface area (Å²) >= 11 is 7.95. The highest BCUT2D eigenvalue weighted by molar-refractivity contribution is 7.18. The van der Waals surface area contributed by atoms with Gasteiger partial charge in [-0.1, -0.05) is 41.4 Å². The number of rotatable bonds is 3. The number of anilines is 1. The molecule has 0 aliphatic heterocycles. The second kappa shape index (κ2) is 5.62. The van der Waals surface area contributed by atoms with Crippen molar-refractivity contribution in [1.29, 1.82) is 0 Å². The number of benzene rings is 1. The number of aryl methyl sites for hydroxylation is 3. The SMILES string of the molecule is Cc1ccc(CNc2nc(Cl)c3c(C)c(C)sc3n2)cc1. The van der Waals surface area contributed by atoms with Crippen LogP contribution in [0.5, 0.6) is 0 Å². The molecule has 0 fully saturated rings. The average molecular weight is 318 g/mol. The zero-order valence-corrected chi connectivity index (χ0v) is 13.8. The Labute approximate surface area is 133 Å². The van der Waals surface area contributed by atoms with Crippen LogP contribution in [0.3, 0.4) is 0 Å². The minimum absolute atomic E-state index is 0.522. The molecule has 0 unspecified atom stereocenters. The van der Waals surface area contributed by atoms with Crippen LogP contribution in [0, 0.1) is 20.8 Å². The standard InChI is InChI=1S/C16H16ClN3S/c1-9-4-6-12(7-5-9)8-18-16-19-14(17)13-10(2)11(3)21-15(13)20-16/h4-7H,8H2,1-3H3,(H,18,19,20). The van der Waals surface area contributed by atoms with Crippen molar-refractivity contribution in [2.45, 2.75) is 27.3 Å². The summed E-state index contributed by atoms with van der Waals surface area (Å²) in [5, 5.41) is 4.74. The molecule has 2 aromatic heterocycles. The first kappa shape index (κ1) is 14.3. The van der Waals surface area contributed by atoms with Gasteiger partial charge in [-0.25, -0.2) is 9.97 Å². The average Bonchev–Trinajstić information content (AvgIpc) is 2.74. The van der Waals surface area contributed by atoms with E-state index < -0.39 is 0 Å². The number of hydrogen-bond donors (Lipinski definition) is 1. The van der Waals surface area contributed by atoms with Crippen molar-refractivity contribution < 1.29 is 0 Å². The summed E-state index contributed by atoms with van der Waals surface area (Å²) in [6.45, 7) is 6.90. The van der Waals surface area contributed by atoms with Crippen LogP contribution >= 0.6 is 22.9 Å². The molecule has 0 aliphatic carbocycles. The molecule has 0 aliphatic rings. The Balaban J connectivity index is 1.86. The fourth-order valence-corrected chi connectivity index (χ4v) is 3.56. The van der Waals surface area contributed by atoms with Crippen LogP contribution in [0.1, 0.15) is 21.6 Å². The summed E-state index contributed by atoms with van der Waals surface area (Å²) in [4.78, 5) is 11.1. The van der Waals surface area contributed by atoms with E-state index in [1.165, 1.54) is 21.6 Å². The highest BCUT2D eigenvalue weighted by Gasteiger charge is 2.12. The van der Waals surface area contributed by atoms with Crippen LogP contribution in [0.15, 0.2) is 24.3 Å². The van der Waals surface area contributed by atoms with E-state index in [0.29, 0.717) is 17.6 Å². The molecule has 0 radical (unpaired) electrons. The number of thiophene rings is 1. The number of nitrogens with one attached hydrogen (secondary N) is 1. The van der Waals surface area contributed by atoms with E-state index in [9.17, 15) is 0 Å². The Bertz CT molecular complexity index is 793. The van der Waals surface area contributed by atoms with E-state index in [-0.39, 0.29) is 0 Å². The zero-order chi connectivity index (χ0) is 15.0. The van der Waals surface area contributed by atoms with Crippen molar-refractivity contribution in [2.75, 3.05) is 5.32 Å². The second-order valence-corrected chi connectivity index (χ2v) is 6.70. The van der Waals surface area contributed by atoms with Gasteiger partial charge in [-0.15, -0.1) is 11.3 Å². The van der Waals surface area contributed by atoms with Crippen molar-refractivity contribution in [1.82, 2.24) is 9.97 Å². The summed E-state index contributed by atoms with van der Waals surface area (Å²) < 4.78 is 0. The third-order valence-electron chi connectivity index (χ3n) is 3.56. The van der Waals surface area contributed by atoms with Gasteiger partial charge in [0, 0.05) is 11.4 Å². The van der Waals surface area contributed by atoms with E-state index in [1.807, 2.05) is 0 Å². The van der Waals surface area contributed by atoms with Crippen LogP contribution in [0.25, 0.3) is 10.2 Å². The lowest BCUT2D eigenvalue weighted by molar-refractivity contribution is 1.07. The van der Waals surface area contributed by atoms with Crippen LogP contribution < -0.4 is 5.32 Å². The highest BCUT2D eigenvalue weighted by atomic mass is 35.5. The summed E-state index contributed by atoms with van der Waals surface area (Å²) in [7, 11) is 0. The quantitative estimate of drug-likeness (QED) is 0.699. The van der Waals surface area contributed by atoms with Gasteiger partial charge in [-0.2, -0.15) is 0 Å². The number of hydrogen-bond acceptors (Lipinski definition) is 4. The van der Waals surface area contributed by atoms with E-state index in [1.54, 1.807) is 11.3 Å². The Morgan fingerprint density at radius 3 is 2.52 bits per heavy atom. The molecule has 21 heavy (non-hydrogen) atoms. The normalized spacial score (nSPS) is 11.0. The minimum atomic E-state index is 0.522. The molecule has 3 rings (SSSR count). The van der Waals surface area contributed by atoms with Gasteiger partial charge in [0.2, 0.25) is 5.95 Å². The Kier molecular flexibility index (Phi) is 3.83. The third-order valence-corrected chi connectivity index (χ3v) is 4.93. The first-order chi connectivity index (χ1) is 10.0. The molecule has 0 spiro atoms. The van der Waals surface area contributed by atoms with Gasteiger partial charge >= 0.3 is 0 Å². The molecular weight excluding hydrogens is 302 g/mol.